The highest BCUT2D eigenvalue weighted by atomic mass is 79.9. The third kappa shape index (κ3) is 2.58. The minimum absolute atomic E-state index is 0.138. The summed E-state index contributed by atoms with van der Waals surface area (Å²) in [7, 11) is 0. The molecule has 1 saturated heterocycles. The van der Waals surface area contributed by atoms with Gasteiger partial charge in [0, 0.05) is 22.7 Å². The van der Waals surface area contributed by atoms with Crippen LogP contribution in [0.25, 0.3) is 0 Å². The molecule has 1 atom stereocenters. The SMILES string of the molecule is Nc1ccc(Br)c(C(=O)N2CCCC2C2CCCC2)c1. The van der Waals surface area contributed by atoms with E-state index in [1.54, 1.807) is 6.07 Å². The number of anilines is 1. The van der Waals surface area contributed by atoms with Crippen LogP contribution in [0.15, 0.2) is 22.7 Å². The molecule has 4 heteroatoms. The summed E-state index contributed by atoms with van der Waals surface area (Å²) < 4.78 is 0.841. The highest BCUT2D eigenvalue weighted by Gasteiger charge is 2.36. The number of amides is 1. The zero-order valence-corrected chi connectivity index (χ0v) is 13.2. The van der Waals surface area contributed by atoms with Crippen LogP contribution in [0.1, 0.15) is 48.9 Å². The van der Waals surface area contributed by atoms with Crippen LogP contribution < -0.4 is 5.73 Å². The molecule has 1 saturated carbocycles. The quantitative estimate of drug-likeness (QED) is 0.834. The van der Waals surface area contributed by atoms with E-state index < -0.39 is 0 Å². The van der Waals surface area contributed by atoms with Crippen LogP contribution in [0.4, 0.5) is 5.69 Å². The molecule has 1 aliphatic carbocycles. The second-order valence-corrected chi connectivity index (χ2v) is 6.85. The summed E-state index contributed by atoms with van der Waals surface area (Å²) in [6.45, 7) is 0.890. The van der Waals surface area contributed by atoms with E-state index in [1.807, 2.05) is 12.1 Å². The van der Waals surface area contributed by atoms with Crippen LogP contribution in [0.3, 0.4) is 0 Å². The molecule has 0 bridgehead atoms. The molecular formula is C16H21BrN2O. The molecule has 108 valence electrons. The van der Waals surface area contributed by atoms with Gasteiger partial charge in [-0.1, -0.05) is 12.8 Å². The Labute approximate surface area is 128 Å². The molecule has 1 aromatic rings. The van der Waals surface area contributed by atoms with Gasteiger partial charge in [-0.3, -0.25) is 4.79 Å². The molecule has 0 radical (unpaired) electrons. The first-order valence-electron chi connectivity index (χ1n) is 7.53. The summed E-state index contributed by atoms with van der Waals surface area (Å²) in [5, 5.41) is 0. The number of hydrogen-bond acceptors (Lipinski definition) is 2. The van der Waals surface area contributed by atoms with Crippen molar-refractivity contribution in [2.45, 2.75) is 44.6 Å². The number of likely N-dealkylation sites (tertiary alicyclic amines) is 1. The van der Waals surface area contributed by atoms with E-state index in [2.05, 4.69) is 20.8 Å². The van der Waals surface area contributed by atoms with Gasteiger partial charge in [-0.2, -0.15) is 0 Å². The number of rotatable bonds is 2. The molecule has 2 aliphatic rings. The molecular weight excluding hydrogens is 316 g/mol. The Morgan fingerprint density at radius 2 is 1.95 bits per heavy atom. The largest absolute Gasteiger partial charge is 0.399 e. The molecule has 2 fully saturated rings. The smallest absolute Gasteiger partial charge is 0.255 e. The second-order valence-electron chi connectivity index (χ2n) is 5.99. The van der Waals surface area contributed by atoms with Gasteiger partial charge in [0.05, 0.1) is 5.56 Å². The Balaban J connectivity index is 1.83. The monoisotopic (exact) mass is 336 g/mol. The fraction of sp³-hybridized carbons (Fsp3) is 0.562. The maximum Gasteiger partial charge on any atom is 0.255 e. The number of nitrogen functional groups attached to an aromatic ring is 1. The van der Waals surface area contributed by atoms with Crippen LogP contribution in [-0.2, 0) is 0 Å². The first kappa shape index (κ1) is 13.9. The number of hydrogen-bond donors (Lipinski definition) is 1. The molecule has 1 heterocycles. The molecule has 1 amide bonds. The lowest BCUT2D eigenvalue weighted by molar-refractivity contribution is 0.0688. The predicted molar refractivity (Wildman–Crippen MR) is 84.6 cm³/mol. The van der Waals surface area contributed by atoms with Crippen molar-refractivity contribution in [3.05, 3.63) is 28.2 Å². The van der Waals surface area contributed by atoms with Gasteiger partial charge in [-0.25, -0.2) is 0 Å². The van der Waals surface area contributed by atoms with Crippen LogP contribution >= 0.6 is 15.9 Å². The number of carbonyl (C=O) groups excluding carboxylic acids is 1. The Morgan fingerprint density at radius 3 is 2.70 bits per heavy atom. The molecule has 3 nitrogen and oxygen atoms in total. The van der Waals surface area contributed by atoms with Crippen molar-refractivity contribution in [3.8, 4) is 0 Å². The molecule has 1 aliphatic heterocycles. The van der Waals surface area contributed by atoms with Crippen LogP contribution in [0, 0.1) is 5.92 Å². The lowest BCUT2D eigenvalue weighted by Crippen LogP contribution is -2.39. The molecule has 0 spiro atoms. The topological polar surface area (TPSA) is 46.3 Å². The lowest BCUT2D eigenvalue weighted by atomic mass is 9.95. The van der Waals surface area contributed by atoms with Gasteiger partial charge in [0.15, 0.2) is 0 Å². The number of halogens is 1. The first-order valence-corrected chi connectivity index (χ1v) is 8.32. The first-order chi connectivity index (χ1) is 9.66. The van der Waals surface area contributed by atoms with Crippen molar-refractivity contribution in [2.24, 2.45) is 5.92 Å². The number of nitrogens with two attached hydrogens (primary N) is 1. The van der Waals surface area contributed by atoms with Crippen molar-refractivity contribution in [3.63, 3.8) is 0 Å². The standard InChI is InChI=1S/C16H21BrN2O/c17-14-8-7-12(18)10-13(14)16(20)19-9-3-6-15(19)11-4-1-2-5-11/h7-8,10-11,15H,1-6,9,18H2. The van der Waals surface area contributed by atoms with E-state index >= 15 is 0 Å². The summed E-state index contributed by atoms with van der Waals surface area (Å²) in [5.74, 6) is 0.847. The van der Waals surface area contributed by atoms with Crippen LogP contribution in [0.5, 0.6) is 0 Å². The maximum absolute atomic E-state index is 12.8. The Bertz CT molecular complexity index is 511. The number of carbonyl (C=O) groups is 1. The van der Waals surface area contributed by atoms with Crippen molar-refractivity contribution in [1.29, 1.82) is 0 Å². The van der Waals surface area contributed by atoms with Gasteiger partial charge in [0.2, 0.25) is 0 Å². The minimum Gasteiger partial charge on any atom is -0.399 e. The Kier molecular flexibility index (Phi) is 4.01. The van der Waals surface area contributed by atoms with Crippen molar-refractivity contribution < 1.29 is 4.79 Å². The van der Waals surface area contributed by atoms with Crippen LogP contribution in [-0.4, -0.2) is 23.4 Å². The number of nitrogens with zero attached hydrogens (tertiary/aromatic N) is 1. The Morgan fingerprint density at radius 1 is 1.20 bits per heavy atom. The van der Waals surface area contributed by atoms with Gasteiger partial charge in [0.1, 0.15) is 0 Å². The third-order valence-electron chi connectivity index (χ3n) is 4.72. The summed E-state index contributed by atoms with van der Waals surface area (Å²) in [5.41, 5.74) is 7.18. The molecule has 0 aromatic heterocycles. The minimum atomic E-state index is 0.138. The summed E-state index contributed by atoms with van der Waals surface area (Å²) in [6.07, 6.45) is 7.51. The van der Waals surface area contributed by atoms with Gasteiger partial charge < -0.3 is 10.6 Å². The van der Waals surface area contributed by atoms with E-state index in [9.17, 15) is 4.79 Å². The van der Waals surface area contributed by atoms with Crippen molar-refractivity contribution >= 4 is 27.5 Å². The Hall–Kier alpha value is -1.03. The average Bonchev–Trinajstić information content (AvgIpc) is 3.10. The zero-order chi connectivity index (χ0) is 14.1. The highest BCUT2D eigenvalue weighted by Crippen LogP contribution is 2.36. The molecule has 1 unspecified atom stereocenters. The highest BCUT2D eigenvalue weighted by molar-refractivity contribution is 9.10. The number of benzene rings is 1. The van der Waals surface area contributed by atoms with Crippen LogP contribution in [0.2, 0.25) is 0 Å². The van der Waals surface area contributed by atoms with Crippen molar-refractivity contribution in [2.75, 3.05) is 12.3 Å². The van der Waals surface area contributed by atoms with E-state index in [0.717, 1.165) is 23.9 Å². The zero-order valence-electron chi connectivity index (χ0n) is 11.6. The van der Waals surface area contributed by atoms with Gasteiger partial charge in [0.25, 0.3) is 5.91 Å². The predicted octanol–water partition coefficient (Wildman–Crippen LogP) is 3.83. The fourth-order valence-corrected chi connectivity index (χ4v) is 4.15. The fourth-order valence-electron chi connectivity index (χ4n) is 3.74. The summed E-state index contributed by atoms with van der Waals surface area (Å²) >= 11 is 3.48. The van der Waals surface area contributed by atoms with Gasteiger partial charge in [-0.05, 0) is 65.7 Å². The second kappa shape index (κ2) is 5.76. The molecule has 2 N–H and O–H groups in total. The maximum atomic E-state index is 12.8. The molecule has 3 rings (SSSR count). The summed E-state index contributed by atoms with van der Waals surface area (Å²) in [4.78, 5) is 14.9. The van der Waals surface area contributed by atoms with Gasteiger partial charge >= 0.3 is 0 Å². The molecule has 1 aromatic carbocycles. The van der Waals surface area contributed by atoms with E-state index in [4.69, 9.17) is 5.73 Å². The lowest BCUT2D eigenvalue weighted by Gasteiger charge is -2.30. The van der Waals surface area contributed by atoms with E-state index in [-0.39, 0.29) is 5.91 Å². The van der Waals surface area contributed by atoms with E-state index in [0.29, 0.717) is 23.2 Å². The van der Waals surface area contributed by atoms with Gasteiger partial charge in [-0.15, -0.1) is 0 Å². The van der Waals surface area contributed by atoms with E-state index in [1.165, 1.54) is 25.7 Å². The average molecular weight is 337 g/mol. The molecule has 20 heavy (non-hydrogen) atoms. The van der Waals surface area contributed by atoms with Crippen molar-refractivity contribution in [1.82, 2.24) is 4.90 Å². The third-order valence-corrected chi connectivity index (χ3v) is 5.42. The normalized spacial score (nSPS) is 23.4. The summed E-state index contributed by atoms with van der Waals surface area (Å²) in [6, 6.07) is 5.91.